The molecule has 0 radical (unpaired) electrons. The van der Waals surface area contributed by atoms with Gasteiger partial charge in [-0.25, -0.2) is 4.39 Å². The number of hydrogen-bond acceptors (Lipinski definition) is 2. The minimum Gasteiger partial charge on any atom is -0.505 e. The number of halogens is 1. The molecule has 0 spiro atoms. The van der Waals surface area contributed by atoms with E-state index in [4.69, 9.17) is 0 Å². The van der Waals surface area contributed by atoms with Crippen LogP contribution in [0.4, 0.5) is 4.39 Å². The first-order chi connectivity index (χ1) is 6.70. The van der Waals surface area contributed by atoms with Gasteiger partial charge in [0.25, 0.3) is 0 Å². The molecule has 2 N–H and O–H groups in total. The fraction of sp³-hybridized carbons (Fsp3) is 0.455. The highest BCUT2D eigenvalue weighted by Gasteiger charge is 2.21. The van der Waals surface area contributed by atoms with Crippen LogP contribution < -0.4 is 5.32 Å². The molecule has 3 heteroatoms. The van der Waals surface area contributed by atoms with Crippen LogP contribution in [0.15, 0.2) is 12.1 Å². The van der Waals surface area contributed by atoms with E-state index in [1.807, 2.05) is 0 Å². The van der Waals surface area contributed by atoms with Gasteiger partial charge in [0.1, 0.15) is 0 Å². The maximum atomic E-state index is 13.4. The molecule has 14 heavy (non-hydrogen) atoms. The minimum atomic E-state index is -0.490. The van der Waals surface area contributed by atoms with Gasteiger partial charge in [0.15, 0.2) is 11.6 Å². The summed E-state index contributed by atoms with van der Waals surface area (Å²) < 4.78 is 13.4. The Hall–Kier alpha value is -1.09. The third-order valence-corrected chi connectivity index (χ3v) is 2.78. The molecule has 2 rings (SSSR count). The SMILES string of the molecule is Cc1ccc(C2CCCN2)c(O)c1F. The first-order valence-electron chi connectivity index (χ1n) is 4.91. The van der Waals surface area contributed by atoms with E-state index >= 15 is 0 Å². The molecule has 1 saturated heterocycles. The molecule has 1 heterocycles. The lowest BCUT2D eigenvalue weighted by atomic mass is 10.0. The normalized spacial score (nSPS) is 21.4. The molecule has 1 atom stereocenters. The number of rotatable bonds is 1. The second kappa shape index (κ2) is 3.58. The molecule has 0 bridgehead atoms. The zero-order valence-corrected chi connectivity index (χ0v) is 8.18. The number of hydrogen-bond donors (Lipinski definition) is 2. The van der Waals surface area contributed by atoms with E-state index < -0.39 is 5.82 Å². The number of phenols is 1. The van der Waals surface area contributed by atoms with Gasteiger partial charge in [0.05, 0.1) is 0 Å². The third-order valence-electron chi connectivity index (χ3n) is 2.78. The minimum absolute atomic E-state index is 0.116. The van der Waals surface area contributed by atoms with Crippen molar-refractivity contribution < 1.29 is 9.50 Å². The molecule has 2 nitrogen and oxygen atoms in total. The Kier molecular flexibility index (Phi) is 2.42. The maximum absolute atomic E-state index is 13.4. The predicted molar refractivity (Wildman–Crippen MR) is 52.8 cm³/mol. The van der Waals surface area contributed by atoms with E-state index in [0.29, 0.717) is 11.1 Å². The third kappa shape index (κ3) is 1.48. The second-order valence-electron chi connectivity index (χ2n) is 3.78. The van der Waals surface area contributed by atoms with Gasteiger partial charge in [-0.1, -0.05) is 12.1 Å². The highest BCUT2D eigenvalue weighted by atomic mass is 19.1. The van der Waals surface area contributed by atoms with Crippen LogP contribution in [-0.4, -0.2) is 11.7 Å². The van der Waals surface area contributed by atoms with Crippen LogP contribution in [0.1, 0.15) is 30.0 Å². The summed E-state index contributed by atoms with van der Waals surface area (Å²) >= 11 is 0. The van der Waals surface area contributed by atoms with Gasteiger partial charge in [-0.2, -0.15) is 0 Å². The Morgan fingerprint density at radius 2 is 2.29 bits per heavy atom. The van der Waals surface area contributed by atoms with E-state index in [0.717, 1.165) is 19.4 Å². The molecule has 0 saturated carbocycles. The van der Waals surface area contributed by atoms with E-state index in [2.05, 4.69) is 5.32 Å². The lowest BCUT2D eigenvalue weighted by Crippen LogP contribution is -2.13. The first-order valence-corrected chi connectivity index (χ1v) is 4.91. The molecule has 1 aromatic rings. The van der Waals surface area contributed by atoms with Crippen LogP contribution in [0.25, 0.3) is 0 Å². The lowest BCUT2D eigenvalue weighted by molar-refractivity contribution is 0.415. The molecule has 0 amide bonds. The summed E-state index contributed by atoms with van der Waals surface area (Å²) in [6.45, 7) is 2.60. The van der Waals surface area contributed by atoms with E-state index in [1.165, 1.54) is 0 Å². The number of aryl methyl sites for hydroxylation is 1. The van der Waals surface area contributed by atoms with Crippen LogP contribution in [0, 0.1) is 12.7 Å². The van der Waals surface area contributed by atoms with Gasteiger partial charge >= 0.3 is 0 Å². The fourth-order valence-electron chi connectivity index (χ4n) is 1.91. The van der Waals surface area contributed by atoms with Crippen molar-refractivity contribution in [1.29, 1.82) is 0 Å². The summed E-state index contributed by atoms with van der Waals surface area (Å²) in [5.74, 6) is -0.680. The maximum Gasteiger partial charge on any atom is 0.168 e. The fourth-order valence-corrected chi connectivity index (χ4v) is 1.91. The Balaban J connectivity index is 2.38. The molecule has 1 aliphatic heterocycles. The van der Waals surface area contributed by atoms with Gasteiger partial charge in [-0.05, 0) is 31.9 Å². The predicted octanol–water partition coefficient (Wildman–Crippen LogP) is 2.26. The van der Waals surface area contributed by atoms with E-state index in [-0.39, 0.29) is 11.8 Å². The Bertz CT molecular complexity index is 345. The highest BCUT2D eigenvalue weighted by molar-refractivity contribution is 5.40. The average molecular weight is 195 g/mol. The first kappa shape index (κ1) is 9.46. The quantitative estimate of drug-likeness (QED) is 0.720. The van der Waals surface area contributed by atoms with Gasteiger partial charge in [-0.3, -0.25) is 0 Å². The summed E-state index contributed by atoms with van der Waals surface area (Å²) in [6.07, 6.45) is 2.05. The summed E-state index contributed by atoms with van der Waals surface area (Å²) in [7, 11) is 0. The smallest absolute Gasteiger partial charge is 0.168 e. The van der Waals surface area contributed by atoms with Gasteiger partial charge in [0.2, 0.25) is 0 Å². The molecular weight excluding hydrogens is 181 g/mol. The van der Waals surface area contributed by atoms with Gasteiger partial charge in [-0.15, -0.1) is 0 Å². The van der Waals surface area contributed by atoms with Crippen molar-refractivity contribution in [3.05, 3.63) is 29.1 Å². The van der Waals surface area contributed by atoms with Crippen molar-refractivity contribution in [3.63, 3.8) is 0 Å². The van der Waals surface area contributed by atoms with Gasteiger partial charge < -0.3 is 10.4 Å². The second-order valence-corrected chi connectivity index (χ2v) is 3.78. The monoisotopic (exact) mass is 195 g/mol. The van der Waals surface area contributed by atoms with Crippen LogP contribution in [0.3, 0.4) is 0 Å². The molecule has 1 unspecified atom stereocenters. The standard InChI is InChI=1S/C11H14FNO/c1-7-4-5-8(11(14)10(7)12)9-3-2-6-13-9/h4-5,9,13-14H,2-3,6H2,1H3. The molecule has 1 aliphatic rings. The molecule has 0 aliphatic carbocycles. The molecule has 1 aromatic carbocycles. The number of aromatic hydroxyl groups is 1. The van der Waals surface area contributed by atoms with Crippen molar-refractivity contribution >= 4 is 0 Å². The summed E-state index contributed by atoms with van der Waals surface area (Å²) in [6, 6.07) is 3.63. The van der Waals surface area contributed by atoms with E-state index in [1.54, 1.807) is 19.1 Å². The van der Waals surface area contributed by atoms with E-state index in [9.17, 15) is 9.50 Å². The number of phenolic OH excluding ortho intramolecular Hbond substituents is 1. The van der Waals surface area contributed by atoms with Gasteiger partial charge in [0, 0.05) is 11.6 Å². The average Bonchev–Trinajstić information content (AvgIpc) is 2.67. The van der Waals surface area contributed by atoms with Crippen molar-refractivity contribution in [2.45, 2.75) is 25.8 Å². The zero-order valence-electron chi connectivity index (χ0n) is 8.18. The Morgan fingerprint density at radius 3 is 2.93 bits per heavy atom. The van der Waals surface area contributed by atoms with Crippen LogP contribution in [0.5, 0.6) is 5.75 Å². The zero-order chi connectivity index (χ0) is 10.1. The van der Waals surface area contributed by atoms with Crippen LogP contribution in [-0.2, 0) is 0 Å². The van der Waals surface area contributed by atoms with Crippen molar-refractivity contribution in [3.8, 4) is 5.75 Å². The number of benzene rings is 1. The van der Waals surface area contributed by atoms with Crippen molar-refractivity contribution in [2.75, 3.05) is 6.54 Å². The van der Waals surface area contributed by atoms with Crippen LogP contribution >= 0.6 is 0 Å². The molecule has 76 valence electrons. The summed E-state index contributed by atoms with van der Waals surface area (Å²) in [5.41, 5.74) is 1.18. The summed E-state index contributed by atoms with van der Waals surface area (Å²) in [5, 5.41) is 12.9. The topological polar surface area (TPSA) is 32.3 Å². The van der Waals surface area contributed by atoms with Crippen molar-refractivity contribution in [1.82, 2.24) is 5.32 Å². The lowest BCUT2D eigenvalue weighted by Gasteiger charge is -2.13. The Morgan fingerprint density at radius 1 is 1.50 bits per heavy atom. The molecule has 1 fully saturated rings. The molecule has 0 aromatic heterocycles. The van der Waals surface area contributed by atoms with Crippen LogP contribution in [0.2, 0.25) is 0 Å². The highest BCUT2D eigenvalue weighted by Crippen LogP contribution is 2.32. The Labute approximate surface area is 82.8 Å². The largest absolute Gasteiger partial charge is 0.505 e. The number of nitrogens with one attached hydrogen (secondary N) is 1. The van der Waals surface area contributed by atoms with Crippen molar-refractivity contribution in [2.24, 2.45) is 0 Å². The summed E-state index contributed by atoms with van der Waals surface area (Å²) in [4.78, 5) is 0. The molecular formula is C11H14FNO.